The third kappa shape index (κ3) is 5.60. The number of urea groups is 1. The molecular weight excluding hydrogens is 421 g/mol. The quantitative estimate of drug-likeness (QED) is 0.487. The minimum atomic E-state index is -5.64. The summed E-state index contributed by atoms with van der Waals surface area (Å²) < 4.78 is 62.0. The number of alkyl halides is 3. The molecule has 0 spiro atoms. The molecule has 2 aromatic carbocycles. The molecule has 0 heterocycles. The molecule has 0 unspecified atom stereocenters. The van der Waals surface area contributed by atoms with Gasteiger partial charge in [0.1, 0.15) is 0 Å². The van der Waals surface area contributed by atoms with Gasteiger partial charge in [-0.15, -0.1) is 0 Å². The largest absolute Gasteiger partial charge is 0.516 e. The van der Waals surface area contributed by atoms with E-state index in [1.165, 1.54) is 23.8 Å². The second kappa shape index (κ2) is 8.48. The van der Waals surface area contributed by atoms with E-state index in [0.29, 0.717) is 5.69 Å². The van der Waals surface area contributed by atoms with Crippen molar-refractivity contribution in [3.63, 3.8) is 0 Å². The summed E-state index contributed by atoms with van der Waals surface area (Å²) in [5.41, 5.74) is -3.26. The van der Waals surface area contributed by atoms with Crippen LogP contribution in [0.2, 0.25) is 5.02 Å². The van der Waals surface area contributed by atoms with Crippen LogP contribution in [0.15, 0.2) is 53.6 Å². The lowest BCUT2D eigenvalue weighted by atomic mass is 10.1. The summed E-state index contributed by atoms with van der Waals surface area (Å²) in [4.78, 5) is 11.8. The standard InChI is InChI=1S/C16H14ClF3N4O3S/c1-10(22-23-15(25)21-12-5-3-2-4-6-12)13-9-11(17)7-8-14(13)24-28(26,27)16(18,19)20/h2-9,24H,1H3,(H2,21,23,25). The number of anilines is 2. The molecule has 2 amide bonds. The van der Waals surface area contributed by atoms with Gasteiger partial charge in [-0.1, -0.05) is 29.8 Å². The number of rotatable bonds is 5. The Morgan fingerprint density at radius 3 is 2.36 bits per heavy atom. The van der Waals surface area contributed by atoms with Crippen molar-refractivity contribution in [3.8, 4) is 0 Å². The zero-order valence-corrected chi connectivity index (χ0v) is 15.8. The van der Waals surface area contributed by atoms with E-state index >= 15 is 0 Å². The summed E-state index contributed by atoms with van der Waals surface area (Å²) in [6, 6.07) is 11.2. The zero-order valence-electron chi connectivity index (χ0n) is 14.2. The van der Waals surface area contributed by atoms with Gasteiger partial charge in [0, 0.05) is 16.3 Å². The number of benzene rings is 2. The Morgan fingerprint density at radius 2 is 1.75 bits per heavy atom. The maximum Gasteiger partial charge on any atom is 0.516 e. The van der Waals surface area contributed by atoms with Crippen molar-refractivity contribution in [1.82, 2.24) is 5.43 Å². The van der Waals surface area contributed by atoms with E-state index in [1.807, 2.05) is 0 Å². The fourth-order valence-electron chi connectivity index (χ4n) is 1.98. The van der Waals surface area contributed by atoms with Crippen LogP contribution in [-0.2, 0) is 10.0 Å². The van der Waals surface area contributed by atoms with E-state index in [0.717, 1.165) is 6.07 Å². The number of hydrogen-bond donors (Lipinski definition) is 3. The summed E-state index contributed by atoms with van der Waals surface area (Å²) in [6.45, 7) is 1.36. The van der Waals surface area contributed by atoms with Crippen LogP contribution in [0.5, 0.6) is 0 Å². The Labute approximate surface area is 163 Å². The first kappa shape index (κ1) is 21.5. The van der Waals surface area contributed by atoms with Gasteiger partial charge in [0.15, 0.2) is 0 Å². The summed E-state index contributed by atoms with van der Waals surface area (Å²) >= 11 is 5.84. The van der Waals surface area contributed by atoms with Crippen LogP contribution in [0.25, 0.3) is 0 Å². The topological polar surface area (TPSA) is 99.7 Å². The molecule has 2 rings (SSSR count). The van der Waals surface area contributed by atoms with Crippen molar-refractivity contribution in [2.24, 2.45) is 5.10 Å². The van der Waals surface area contributed by atoms with Crippen LogP contribution in [-0.4, -0.2) is 25.7 Å². The molecule has 0 aliphatic rings. The molecule has 0 saturated heterocycles. The molecule has 150 valence electrons. The predicted molar refractivity (Wildman–Crippen MR) is 101 cm³/mol. The molecule has 0 aliphatic heterocycles. The monoisotopic (exact) mass is 434 g/mol. The van der Waals surface area contributed by atoms with Crippen LogP contribution in [0.1, 0.15) is 12.5 Å². The number of hydrazone groups is 1. The maximum absolute atomic E-state index is 12.6. The van der Waals surface area contributed by atoms with Crippen LogP contribution in [0, 0.1) is 0 Å². The smallest absolute Gasteiger partial charge is 0.307 e. The molecule has 7 nitrogen and oxygen atoms in total. The summed E-state index contributed by atoms with van der Waals surface area (Å²) in [5.74, 6) is 0. The summed E-state index contributed by atoms with van der Waals surface area (Å²) in [7, 11) is -5.64. The molecule has 3 N–H and O–H groups in total. The second-order valence-corrected chi connectivity index (χ2v) is 7.48. The van der Waals surface area contributed by atoms with Gasteiger partial charge in [0.25, 0.3) is 0 Å². The Hall–Kier alpha value is -2.79. The number of hydrogen-bond acceptors (Lipinski definition) is 4. The van der Waals surface area contributed by atoms with Crippen molar-refractivity contribution in [1.29, 1.82) is 0 Å². The third-order valence-corrected chi connectivity index (χ3v) is 4.61. The van der Waals surface area contributed by atoms with E-state index in [4.69, 9.17) is 11.6 Å². The van der Waals surface area contributed by atoms with Gasteiger partial charge in [-0.05, 0) is 37.3 Å². The number of sulfonamides is 1. The molecular formula is C16H14ClF3N4O3S. The normalized spacial score (nSPS) is 12.4. The molecule has 0 atom stereocenters. The fraction of sp³-hybridized carbons (Fsp3) is 0.125. The number of para-hydroxylation sites is 1. The first-order chi connectivity index (χ1) is 13.0. The lowest BCUT2D eigenvalue weighted by Crippen LogP contribution is -2.30. The van der Waals surface area contributed by atoms with E-state index in [1.54, 1.807) is 30.3 Å². The minimum absolute atomic E-state index is 0.0191. The van der Waals surface area contributed by atoms with Crippen molar-refractivity contribution in [3.05, 3.63) is 59.1 Å². The lowest BCUT2D eigenvalue weighted by molar-refractivity contribution is -0.0429. The Bertz CT molecular complexity index is 996. The van der Waals surface area contributed by atoms with Crippen LogP contribution in [0.4, 0.5) is 29.3 Å². The number of halogens is 4. The van der Waals surface area contributed by atoms with E-state index in [2.05, 4.69) is 15.8 Å². The third-order valence-electron chi connectivity index (χ3n) is 3.28. The molecule has 0 aliphatic carbocycles. The van der Waals surface area contributed by atoms with Gasteiger partial charge < -0.3 is 5.32 Å². The van der Waals surface area contributed by atoms with Gasteiger partial charge in [-0.2, -0.15) is 26.7 Å². The summed E-state index contributed by atoms with van der Waals surface area (Å²) in [6.07, 6.45) is 0. The second-order valence-electron chi connectivity index (χ2n) is 5.37. The highest BCUT2D eigenvalue weighted by Crippen LogP contribution is 2.28. The van der Waals surface area contributed by atoms with Crippen molar-refractivity contribution in [2.75, 3.05) is 10.0 Å². The first-order valence-electron chi connectivity index (χ1n) is 7.55. The highest BCUT2D eigenvalue weighted by molar-refractivity contribution is 7.93. The highest BCUT2D eigenvalue weighted by Gasteiger charge is 2.46. The van der Waals surface area contributed by atoms with Crippen LogP contribution < -0.4 is 15.5 Å². The predicted octanol–water partition coefficient (Wildman–Crippen LogP) is 4.15. The molecule has 0 aromatic heterocycles. The molecule has 0 fully saturated rings. The molecule has 0 radical (unpaired) electrons. The molecule has 28 heavy (non-hydrogen) atoms. The number of nitrogens with one attached hydrogen (secondary N) is 3. The molecule has 0 bridgehead atoms. The maximum atomic E-state index is 12.6. The Balaban J connectivity index is 2.22. The number of nitrogens with zero attached hydrogens (tertiary/aromatic N) is 1. The molecule has 12 heteroatoms. The van der Waals surface area contributed by atoms with Gasteiger partial charge in [-0.25, -0.2) is 10.2 Å². The van der Waals surface area contributed by atoms with E-state index < -0.39 is 27.3 Å². The van der Waals surface area contributed by atoms with Gasteiger partial charge in [0.05, 0.1) is 11.4 Å². The van der Waals surface area contributed by atoms with Crippen molar-refractivity contribution in [2.45, 2.75) is 12.4 Å². The fourth-order valence-corrected chi connectivity index (χ4v) is 2.74. The van der Waals surface area contributed by atoms with Crippen LogP contribution >= 0.6 is 11.6 Å². The Kier molecular flexibility index (Phi) is 6.52. The Morgan fingerprint density at radius 1 is 1.11 bits per heavy atom. The van der Waals surface area contributed by atoms with E-state index in [9.17, 15) is 26.4 Å². The van der Waals surface area contributed by atoms with Crippen molar-refractivity contribution >= 4 is 44.7 Å². The van der Waals surface area contributed by atoms with Gasteiger partial charge in [0.2, 0.25) is 0 Å². The number of carbonyl (C=O) groups excluding carboxylic acids is 1. The number of carbonyl (C=O) groups is 1. The molecule has 2 aromatic rings. The first-order valence-corrected chi connectivity index (χ1v) is 9.41. The minimum Gasteiger partial charge on any atom is -0.307 e. The highest BCUT2D eigenvalue weighted by atomic mass is 35.5. The average molecular weight is 435 g/mol. The van der Waals surface area contributed by atoms with Gasteiger partial charge >= 0.3 is 21.6 Å². The average Bonchev–Trinajstić information content (AvgIpc) is 2.61. The van der Waals surface area contributed by atoms with Crippen molar-refractivity contribution < 1.29 is 26.4 Å². The van der Waals surface area contributed by atoms with Crippen LogP contribution in [0.3, 0.4) is 0 Å². The van der Waals surface area contributed by atoms with E-state index in [-0.39, 0.29) is 16.3 Å². The zero-order chi connectivity index (χ0) is 20.9. The molecule has 0 saturated carbocycles. The lowest BCUT2D eigenvalue weighted by Gasteiger charge is -2.14. The SMILES string of the molecule is CC(=NNC(=O)Nc1ccccc1)c1cc(Cl)ccc1NS(=O)(=O)C(F)(F)F. The number of amides is 2. The van der Waals surface area contributed by atoms with Gasteiger partial charge in [-0.3, -0.25) is 4.72 Å². The summed E-state index contributed by atoms with van der Waals surface area (Å²) in [5, 5.41) is 6.39.